The molecule has 0 radical (unpaired) electrons. The molecule has 4 rings (SSSR count). The van der Waals surface area contributed by atoms with Crippen molar-refractivity contribution in [2.45, 2.75) is 37.9 Å². The van der Waals surface area contributed by atoms with E-state index < -0.39 is 29.6 Å². The maximum Gasteiger partial charge on any atom is 0.573 e. The number of benzene rings is 3. The minimum Gasteiger partial charge on any atom is -0.406 e. The third-order valence-corrected chi connectivity index (χ3v) is 6.84. The standard InChI is InChI=1S/C29H28F6N2O3/c1-20-13-14-37(18-20)26(38)36-19-27(17-21-7-3-2-4-8-21,22-9-5-11-24(15-22)39-28(30,31)32)23-10-6-12-25(16-23)40-29(33,34)35/h2-12,15-16,20H,13-14,17-19H2,1H3,(H,36,38)/t20-/m0/s1. The molecule has 0 aromatic heterocycles. The van der Waals surface area contributed by atoms with E-state index in [1.165, 1.54) is 24.3 Å². The third-order valence-electron chi connectivity index (χ3n) is 6.84. The van der Waals surface area contributed by atoms with Gasteiger partial charge in [-0.2, -0.15) is 0 Å². The Labute approximate surface area is 227 Å². The third kappa shape index (κ3) is 7.61. The number of nitrogens with zero attached hydrogens (tertiary/aromatic N) is 1. The van der Waals surface area contributed by atoms with Crippen LogP contribution in [0, 0.1) is 5.92 Å². The second kappa shape index (κ2) is 11.7. The number of urea groups is 1. The van der Waals surface area contributed by atoms with Gasteiger partial charge >= 0.3 is 18.8 Å². The maximum absolute atomic E-state index is 13.1. The molecule has 5 nitrogen and oxygen atoms in total. The van der Waals surface area contributed by atoms with Gasteiger partial charge in [-0.1, -0.05) is 61.5 Å². The van der Waals surface area contributed by atoms with Gasteiger partial charge in [0.1, 0.15) is 11.5 Å². The van der Waals surface area contributed by atoms with Gasteiger partial charge in [0.25, 0.3) is 0 Å². The summed E-state index contributed by atoms with van der Waals surface area (Å²) in [7, 11) is 0. The summed E-state index contributed by atoms with van der Waals surface area (Å²) in [5, 5.41) is 2.90. The molecule has 11 heteroatoms. The Bertz CT molecular complexity index is 1240. The van der Waals surface area contributed by atoms with Gasteiger partial charge in [-0.3, -0.25) is 0 Å². The zero-order valence-corrected chi connectivity index (χ0v) is 21.6. The predicted molar refractivity (Wildman–Crippen MR) is 136 cm³/mol. The largest absolute Gasteiger partial charge is 0.573 e. The van der Waals surface area contributed by atoms with Gasteiger partial charge in [-0.15, -0.1) is 26.3 Å². The van der Waals surface area contributed by atoms with Gasteiger partial charge in [0.05, 0.1) is 0 Å². The van der Waals surface area contributed by atoms with Crippen LogP contribution in [0.2, 0.25) is 0 Å². The van der Waals surface area contributed by atoms with Crippen LogP contribution in [0.4, 0.5) is 31.1 Å². The molecular formula is C29H28F6N2O3. The lowest BCUT2D eigenvalue weighted by molar-refractivity contribution is -0.275. The molecule has 0 unspecified atom stereocenters. The quantitative estimate of drug-likeness (QED) is 0.297. The van der Waals surface area contributed by atoms with Gasteiger partial charge in [-0.25, -0.2) is 4.79 Å². The topological polar surface area (TPSA) is 50.8 Å². The van der Waals surface area contributed by atoms with E-state index in [-0.39, 0.29) is 19.0 Å². The summed E-state index contributed by atoms with van der Waals surface area (Å²) in [6.45, 7) is 2.98. The van der Waals surface area contributed by atoms with E-state index in [1.807, 2.05) is 6.92 Å². The lowest BCUT2D eigenvalue weighted by Gasteiger charge is -2.37. The number of hydrogen-bond acceptors (Lipinski definition) is 3. The SMILES string of the molecule is C[C@H]1CCN(C(=O)NCC(Cc2ccccc2)(c2cccc(OC(F)(F)F)c2)c2cccc(OC(F)(F)F)c2)C1. The molecule has 1 aliphatic heterocycles. The van der Waals surface area contributed by atoms with E-state index in [2.05, 4.69) is 14.8 Å². The van der Waals surface area contributed by atoms with E-state index in [0.29, 0.717) is 30.1 Å². The average molecular weight is 567 g/mol. The van der Waals surface area contributed by atoms with Crippen molar-refractivity contribution < 1.29 is 40.6 Å². The Hall–Kier alpha value is -3.89. The fourth-order valence-corrected chi connectivity index (χ4v) is 5.02. The highest BCUT2D eigenvalue weighted by Crippen LogP contribution is 2.40. The van der Waals surface area contributed by atoms with Crippen LogP contribution in [0.3, 0.4) is 0 Å². The molecule has 3 aromatic carbocycles. The van der Waals surface area contributed by atoms with E-state index in [1.54, 1.807) is 47.4 Å². The summed E-state index contributed by atoms with van der Waals surface area (Å²) < 4.78 is 86.9. The Kier molecular flexibility index (Phi) is 8.51. The van der Waals surface area contributed by atoms with E-state index in [9.17, 15) is 31.1 Å². The normalized spacial score (nSPS) is 16.1. The predicted octanol–water partition coefficient (Wildman–Crippen LogP) is 7.06. The molecule has 2 amide bonds. The molecule has 1 aliphatic rings. The van der Waals surface area contributed by atoms with Gasteiger partial charge in [-0.05, 0) is 59.7 Å². The summed E-state index contributed by atoms with van der Waals surface area (Å²) in [5.41, 5.74) is 0.0451. The Morgan fingerprint density at radius 1 is 0.850 bits per heavy atom. The number of hydrogen-bond donors (Lipinski definition) is 1. The van der Waals surface area contributed by atoms with E-state index >= 15 is 0 Å². The number of ether oxygens (including phenoxy) is 2. The molecule has 1 fully saturated rings. The monoisotopic (exact) mass is 566 g/mol. The van der Waals surface area contributed by atoms with Crippen molar-refractivity contribution in [2.75, 3.05) is 19.6 Å². The molecule has 0 aliphatic carbocycles. The van der Waals surface area contributed by atoms with Crippen LogP contribution < -0.4 is 14.8 Å². The highest BCUT2D eigenvalue weighted by molar-refractivity contribution is 5.75. The Balaban J connectivity index is 1.84. The number of alkyl halides is 6. The van der Waals surface area contributed by atoms with Crippen molar-refractivity contribution in [1.29, 1.82) is 0 Å². The minimum atomic E-state index is -4.96. The molecule has 40 heavy (non-hydrogen) atoms. The van der Waals surface area contributed by atoms with Gasteiger partial charge in [0.2, 0.25) is 0 Å². The molecular weight excluding hydrogens is 538 g/mol. The van der Waals surface area contributed by atoms with Crippen molar-refractivity contribution in [3.63, 3.8) is 0 Å². The first-order valence-electron chi connectivity index (χ1n) is 12.6. The molecule has 0 spiro atoms. The Morgan fingerprint density at radius 3 is 1.88 bits per heavy atom. The number of halogens is 6. The van der Waals surface area contributed by atoms with Crippen molar-refractivity contribution in [3.8, 4) is 11.5 Å². The highest BCUT2D eigenvalue weighted by Gasteiger charge is 2.39. The van der Waals surface area contributed by atoms with Crippen molar-refractivity contribution in [2.24, 2.45) is 5.92 Å². The first-order valence-corrected chi connectivity index (χ1v) is 12.6. The van der Waals surface area contributed by atoms with Gasteiger partial charge < -0.3 is 19.7 Å². The minimum absolute atomic E-state index is 0.128. The fraction of sp³-hybridized carbons (Fsp3) is 0.345. The van der Waals surface area contributed by atoms with Crippen LogP contribution in [0.25, 0.3) is 0 Å². The summed E-state index contributed by atoms with van der Waals surface area (Å²) in [6, 6.07) is 19.1. The van der Waals surface area contributed by atoms with Crippen LogP contribution in [0.15, 0.2) is 78.9 Å². The second-order valence-electron chi connectivity index (χ2n) is 9.89. The number of carbonyl (C=O) groups is 1. The Morgan fingerprint density at radius 2 is 1.40 bits per heavy atom. The smallest absolute Gasteiger partial charge is 0.406 e. The molecule has 0 saturated carbocycles. The van der Waals surface area contributed by atoms with Crippen molar-refractivity contribution in [3.05, 3.63) is 95.6 Å². The fourth-order valence-electron chi connectivity index (χ4n) is 5.02. The van der Waals surface area contributed by atoms with Crippen LogP contribution >= 0.6 is 0 Å². The first-order chi connectivity index (χ1) is 18.8. The number of likely N-dealkylation sites (tertiary alicyclic amines) is 1. The van der Waals surface area contributed by atoms with Gasteiger partial charge in [0, 0.05) is 25.0 Å². The van der Waals surface area contributed by atoms with Crippen molar-refractivity contribution >= 4 is 6.03 Å². The summed E-state index contributed by atoms with van der Waals surface area (Å²) >= 11 is 0. The van der Waals surface area contributed by atoms with E-state index in [4.69, 9.17) is 0 Å². The molecule has 0 bridgehead atoms. The molecule has 1 saturated heterocycles. The first kappa shape index (κ1) is 29.1. The molecule has 3 aromatic rings. The number of amides is 2. The number of nitrogens with one attached hydrogen (secondary N) is 1. The van der Waals surface area contributed by atoms with Crippen LogP contribution in [-0.2, 0) is 11.8 Å². The lowest BCUT2D eigenvalue weighted by Crippen LogP contribution is -2.47. The molecule has 1 atom stereocenters. The molecule has 1 heterocycles. The molecule has 1 N–H and O–H groups in total. The zero-order valence-electron chi connectivity index (χ0n) is 21.6. The lowest BCUT2D eigenvalue weighted by atomic mass is 9.70. The van der Waals surface area contributed by atoms with Crippen LogP contribution in [0.1, 0.15) is 30.0 Å². The average Bonchev–Trinajstić information content (AvgIpc) is 3.31. The summed E-state index contributed by atoms with van der Waals surface area (Å²) in [5.74, 6) is -0.679. The highest BCUT2D eigenvalue weighted by atomic mass is 19.4. The van der Waals surface area contributed by atoms with E-state index in [0.717, 1.165) is 24.1 Å². The van der Waals surface area contributed by atoms with Crippen molar-refractivity contribution in [1.82, 2.24) is 10.2 Å². The number of rotatable bonds is 8. The van der Waals surface area contributed by atoms with Crippen LogP contribution in [0.5, 0.6) is 11.5 Å². The van der Waals surface area contributed by atoms with Gasteiger partial charge in [0.15, 0.2) is 0 Å². The second-order valence-corrected chi connectivity index (χ2v) is 9.89. The summed E-state index contributed by atoms with van der Waals surface area (Å²) in [4.78, 5) is 14.8. The van der Waals surface area contributed by atoms with Crippen LogP contribution in [-0.4, -0.2) is 43.3 Å². The number of carbonyl (C=O) groups excluding carboxylic acids is 1. The maximum atomic E-state index is 13.1. The summed E-state index contributed by atoms with van der Waals surface area (Å²) in [6.07, 6.45) is -8.95. The molecule has 214 valence electrons. The zero-order chi connectivity index (χ0) is 29.0.